The summed E-state index contributed by atoms with van der Waals surface area (Å²) >= 11 is 0. The fraction of sp³-hybridized carbons (Fsp3) is 0.182. The van der Waals surface area contributed by atoms with Crippen molar-refractivity contribution < 1.29 is 24.6 Å². The molecule has 0 saturated carbocycles. The minimum Gasteiger partial charge on any atom is -0.479 e. The van der Waals surface area contributed by atoms with E-state index >= 15 is 0 Å². The van der Waals surface area contributed by atoms with E-state index in [0.29, 0.717) is 0 Å². The Labute approximate surface area is 96.9 Å². The lowest BCUT2D eigenvalue weighted by Gasteiger charge is -2.25. The minimum absolute atomic E-state index is 0.0183. The van der Waals surface area contributed by atoms with Gasteiger partial charge in [-0.25, -0.2) is 9.59 Å². The van der Waals surface area contributed by atoms with Crippen LogP contribution in [0.1, 0.15) is 12.5 Å². The first-order valence-corrected chi connectivity index (χ1v) is 4.72. The summed E-state index contributed by atoms with van der Waals surface area (Å²) in [6, 6.07) is 7.28. The third kappa shape index (κ3) is 2.25. The summed E-state index contributed by atoms with van der Waals surface area (Å²) in [5.41, 5.74) is -2.47. The molecule has 0 bridgehead atoms. The van der Waals surface area contributed by atoms with Crippen LogP contribution in [-0.4, -0.2) is 28.1 Å². The van der Waals surface area contributed by atoms with E-state index < -0.39 is 23.4 Å². The van der Waals surface area contributed by atoms with Crippen molar-refractivity contribution in [3.05, 3.63) is 35.9 Å². The molecule has 0 aliphatic heterocycles. The lowest BCUT2D eigenvalue weighted by atomic mass is 9.90. The fourth-order valence-electron chi connectivity index (χ4n) is 1.47. The van der Waals surface area contributed by atoms with Crippen LogP contribution >= 0.6 is 0 Å². The van der Waals surface area contributed by atoms with Gasteiger partial charge in [0.25, 0.3) is 5.54 Å². The van der Waals surface area contributed by atoms with Crippen molar-refractivity contribution in [1.29, 1.82) is 0 Å². The Morgan fingerprint density at radius 1 is 1.06 bits per heavy atom. The van der Waals surface area contributed by atoms with Gasteiger partial charge in [0.2, 0.25) is 5.91 Å². The van der Waals surface area contributed by atoms with Crippen molar-refractivity contribution in [2.45, 2.75) is 12.5 Å². The molecule has 0 heterocycles. The predicted octanol–water partition coefficient (Wildman–Crippen LogP) is 0.187. The number of carboxylic acids is 2. The molecule has 1 aromatic carbocycles. The van der Waals surface area contributed by atoms with Crippen LogP contribution in [0.2, 0.25) is 0 Å². The number of benzene rings is 1. The monoisotopic (exact) mass is 237 g/mol. The molecule has 0 aliphatic carbocycles. The minimum atomic E-state index is -2.45. The van der Waals surface area contributed by atoms with Gasteiger partial charge in [0.15, 0.2) is 0 Å². The standard InChI is InChI=1S/C11H11NO5/c1-7(13)12-11(9(14)15,10(16)17)8-5-3-2-4-6-8/h2-6H,1H3,(H,12,13)(H,14,15)(H,16,17). The summed E-state index contributed by atoms with van der Waals surface area (Å²) in [6.45, 7) is 1.06. The number of carbonyl (C=O) groups excluding carboxylic acids is 1. The summed E-state index contributed by atoms with van der Waals surface area (Å²) in [5.74, 6) is -4.03. The van der Waals surface area contributed by atoms with Crippen molar-refractivity contribution in [2.24, 2.45) is 0 Å². The van der Waals surface area contributed by atoms with E-state index in [1.54, 1.807) is 6.07 Å². The van der Waals surface area contributed by atoms with Crippen LogP contribution in [0.5, 0.6) is 0 Å². The van der Waals surface area contributed by atoms with Gasteiger partial charge in [0.1, 0.15) is 0 Å². The molecule has 0 fully saturated rings. The number of rotatable bonds is 4. The maximum absolute atomic E-state index is 11.2. The van der Waals surface area contributed by atoms with E-state index in [2.05, 4.69) is 0 Å². The van der Waals surface area contributed by atoms with Gasteiger partial charge in [-0.1, -0.05) is 30.3 Å². The Morgan fingerprint density at radius 2 is 1.53 bits per heavy atom. The van der Waals surface area contributed by atoms with Crippen LogP contribution in [0.4, 0.5) is 0 Å². The third-order valence-corrected chi connectivity index (χ3v) is 2.21. The summed E-state index contributed by atoms with van der Waals surface area (Å²) < 4.78 is 0. The van der Waals surface area contributed by atoms with Gasteiger partial charge >= 0.3 is 11.9 Å². The number of hydrogen-bond donors (Lipinski definition) is 3. The predicted molar refractivity (Wildman–Crippen MR) is 57.2 cm³/mol. The quantitative estimate of drug-likeness (QED) is 0.648. The number of aliphatic carboxylic acids is 2. The normalized spacial score (nSPS) is 10.6. The number of carbonyl (C=O) groups is 3. The Bertz CT molecular complexity index is 440. The van der Waals surface area contributed by atoms with Crippen molar-refractivity contribution in [3.63, 3.8) is 0 Å². The van der Waals surface area contributed by atoms with E-state index in [-0.39, 0.29) is 5.56 Å². The smallest absolute Gasteiger partial charge is 0.346 e. The fourth-order valence-corrected chi connectivity index (χ4v) is 1.47. The second-order valence-electron chi connectivity index (χ2n) is 3.41. The zero-order chi connectivity index (χ0) is 13.1. The summed E-state index contributed by atoms with van der Waals surface area (Å²) in [7, 11) is 0. The summed E-state index contributed by atoms with van der Waals surface area (Å²) in [5, 5.41) is 20.2. The topological polar surface area (TPSA) is 104 Å². The Balaban J connectivity index is 3.40. The number of nitrogens with one attached hydrogen (secondary N) is 1. The zero-order valence-corrected chi connectivity index (χ0v) is 9.01. The Kier molecular flexibility index (Phi) is 3.47. The average Bonchev–Trinajstić information content (AvgIpc) is 2.25. The zero-order valence-electron chi connectivity index (χ0n) is 9.01. The van der Waals surface area contributed by atoms with Gasteiger partial charge in [0.05, 0.1) is 0 Å². The SMILES string of the molecule is CC(=O)NC(C(=O)O)(C(=O)O)c1ccccc1. The molecule has 0 atom stereocenters. The second-order valence-corrected chi connectivity index (χ2v) is 3.41. The largest absolute Gasteiger partial charge is 0.479 e. The third-order valence-electron chi connectivity index (χ3n) is 2.21. The Morgan fingerprint density at radius 3 is 1.88 bits per heavy atom. The maximum atomic E-state index is 11.2. The van der Waals surface area contributed by atoms with E-state index in [9.17, 15) is 14.4 Å². The average molecular weight is 237 g/mol. The van der Waals surface area contributed by atoms with E-state index in [0.717, 1.165) is 6.92 Å². The molecule has 1 rings (SSSR count). The molecule has 90 valence electrons. The lowest BCUT2D eigenvalue weighted by molar-refractivity contribution is -0.161. The molecule has 17 heavy (non-hydrogen) atoms. The molecule has 1 amide bonds. The van der Waals surface area contributed by atoms with Gasteiger partial charge in [-0.3, -0.25) is 4.79 Å². The molecule has 0 unspecified atom stereocenters. The Hall–Kier alpha value is -2.37. The van der Waals surface area contributed by atoms with Gasteiger partial charge < -0.3 is 15.5 Å². The van der Waals surface area contributed by atoms with Crippen LogP contribution in [-0.2, 0) is 19.9 Å². The molecular formula is C11H11NO5. The molecule has 0 aromatic heterocycles. The highest BCUT2D eigenvalue weighted by atomic mass is 16.4. The van der Waals surface area contributed by atoms with Gasteiger partial charge in [0, 0.05) is 12.5 Å². The molecule has 0 spiro atoms. The van der Waals surface area contributed by atoms with Gasteiger partial charge in [-0.2, -0.15) is 0 Å². The van der Waals surface area contributed by atoms with Crippen LogP contribution in [0.3, 0.4) is 0 Å². The highest BCUT2D eigenvalue weighted by Gasteiger charge is 2.49. The first-order valence-electron chi connectivity index (χ1n) is 4.72. The van der Waals surface area contributed by atoms with Crippen LogP contribution in [0.25, 0.3) is 0 Å². The molecule has 3 N–H and O–H groups in total. The molecule has 6 heteroatoms. The molecule has 0 saturated heterocycles. The lowest BCUT2D eigenvalue weighted by Crippen LogP contribution is -2.56. The first-order chi connectivity index (χ1) is 7.91. The van der Waals surface area contributed by atoms with Crippen molar-refractivity contribution in [2.75, 3.05) is 0 Å². The molecule has 0 radical (unpaired) electrons. The molecule has 0 aliphatic rings. The number of hydrogen-bond acceptors (Lipinski definition) is 3. The van der Waals surface area contributed by atoms with Crippen LogP contribution < -0.4 is 5.32 Å². The highest BCUT2D eigenvalue weighted by molar-refractivity contribution is 6.06. The van der Waals surface area contributed by atoms with Gasteiger partial charge in [-0.15, -0.1) is 0 Å². The molecule has 6 nitrogen and oxygen atoms in total. The molecule has 1 aromatic rings. The van der Waals surface area contributed by atoms with Crippen LogP contribution in [0, 0.1) is 0 Å². The second kappa shape index (κ2) is 4.65. The molecular weight excluding hydrogens is 226 g/mol. The van der Waals surface area contributed by atoms with Crippen molar-refractivity contribution in [3.8, 4) is 0 Å². The first kappa shape index (κ1) is 12.7. The van der Waals surface area contributed by atoms with E-state index in [1.165, 1.54) is 24.3 Å². The van der Waals surface area contributed by atoms with Crippen LogP contribution in [0.15, 0.2) is 30.3 Å². The highest BCUT2D eigenvalue weighted by Crippen LogP contribution is 2.22. The van der Waals surface area contributed by atoms with E-state index in [1.807, 2.05) is 5.32 Å². The summed E-state index contributed by atoms with van der Waals surface area (Å²) in [4.78, 5) is 33.4. The number of carboxylic acid groups (broad SMARTS) is 2. The van der Waals surface area contributed by atoms with Gasteiger partial charge in [-0.05, 0) is 0 Å². The summed E-state index contributed by atoms with van der Waals surface area (Å²) in [6.07, 6.45) is 0. The van der Waals surface area contributed by atoms with E-state index in [4.69, 9.17) is 10.2 Å². The van der Waals surface area contributed by atoms with Crippen molar-refractivity contribution in [1.82, 2.24) is 5.32 Å². The maximum Gasteiger partial charge on any atom is 0.346 e. The number of amides is 1. The van der Waals surface area contributed by atoms with Crippen molar-refractivity contribution >= 4 is 17.8 Å².